The fourth-order valence-corrected chi connectivity index (χ4v) is 3.35. The molecule has 2 aliphatic rings. The van der Waals surface area contributed by atoms with Crippen LogP contribution in [0.2, 0.25) is 0 Å². The highest BCUT2D eigenvalue weighted by molar-refractivity contribution is 6.38. The number of carbonyl (C=O) groups is 2. The number of allylic oxidation sites excluding steroid dienone is 4. The number of Topliss-reactive ketones (excluding diaryl/α,β-unsaturated/α-hetero) is 2. The monoisotopic (exact) mass is 376 g/mol. The van der Waals surface area contributed by atoms with E-state index in [1.54, 1.807) is 6.92 Å². The van der Waals surface area contributed by atoms with Gasteiger partial charge in [-0.3, -0.25) is 23.9 Å². The molecular formula is C18H20N2O7. The van der Waals surface area contributed by atoms with Gasteiger partial charge in [0.05, 0.1) is 18.3 Å². The molecule has 3 rings (SSSR count). The number of ether oxygens (including phenoxy) is 1. The fraction of sp³-hybridized carbons (Fsp3) is 0.444. The van der Waals surface area contributed by atoms with E-state index in [4.69, 9.17) is 4.74 Å². The molecule has 1 aromatic heterocycles. The van der Waals surface area contributed by atoms with Crippen LogP contribution in [0.25, 0.3) is 5.57 Å². The third kappa shape index (κ3) is 3.03. The largest absolute Gasteiger partial charge is 0.394 e. The lowest BCUT2D eigenvalue weighted by Crippen LogP contribution is -2.35. The number of H-pyrrole nitrogens is 1. The van der Waals surface area contributed by atoms with Crippen molar-refractivity contribution < 1.29 is 24.5 Å². The predicted molar refractivity (Wildman–Crippen MR) is 93.9 cm³/mol. The van der Waals surface area contributed by atoms with Gasteiger partial charge in [-0.2, -0.15) is 0 Å². The highest BCUT2D eigenvalue weighted by atomic mass is 16.5. The molecule has 1 fully saturated rings. The van der Waals surface area contributed by atoms with Crippen LogP contribution in [0.3, 0.4) is 0 Å². The number of hydrogen-bond acceptors (Lipinski definition) is 7. The zero-order valence-corrected chi connectivity index (χ0v) is 15.1. The maximum Gasteiger partial charge on any atom is 0.330 e. The first-order valence-electron chi connectivity index (χ1n) is 8.45. The van der Waals surface area contributed by atoms with E-state index in [2.05, 4.69) is 4.98 Å². The van der Waals surface area contributed by atoms with Gasteiger partial charge < -0.3 is 14.9 Å². The van der Waals surface area contributed by atoms with Crippen LogP contribution < -0.4 is 11.2 Å². The van der Waals surface area contributed by atoms with Crippen LogP contribution >= 0.6 is 0 Å². The minimum Gasteiger partial charge on any atom is -0.394 e. The predicted octanol–water partition coefficient (Wildman–Crippen LogP) is -0.561. The zero-order valence-electron chi connectivity index (χ0n) is 15.1. The number of ketones is 2. The second kappa shape index (κ2) is 6.84. The van der Waals surface area contributed by atoms with Crippen molar-refractivity contribution >= 4 is 17.1 Å². The highest BCUT2D eigenvalue weighted by Gasteiger charge is 2.36. The summed E-state index contributed by atoms with van der Waals surface area (Å²) in [6.45, 7) is 4.08. The summed E-state index contributed by atoms with van der Waals surface area (Å²) in [5.74, 6) is -0.798. The van der Waals surface area contributed by atoms with E-state index in [1.807, 2.05) is 0 Å². The van der Waals surface area contributed by atoms with E-state index < -0.39 is 42.1 Å². The number of aliphatic hydroxyl groups is 2. The molecule has 0 unspecified atom stereocenters. The summed E-state index contributed by atoms with van der Waals surface area (Å²) in [7, 11) is 0. The molecule has 2 heterocycles. The Morgan fingerprint density at radius 2 is 1.74 bits per heavy atom. The average Bonchev–Trinajstić information content (AvgIpc) is 3.00. The molecule has 0 amide bonds. The van der Waals surface area contributed by atoms with Gasteiger partial charge in [-0.1, -0.05) is 0 Å². The Morgan fingerprint density at radius 3 is 2.33 bits per heavy atom. The van der Waals surface area contributed by atoms with E-state index in [0.29, 0.717) is 5.57 Å². The molecule has 0 radical (unpaired) electrons. The minimum absolute atomic E-state index is 0.0273. The lowest BCUT2D eigenvalue weighted by Gasteiger charge is -2.20. The van der Waals surface area contributed by atoms with E-state index in [9.17, 15) is 29.4 Å². The van der Waals surface area contributed by atoms with E-state index in [1.165, 1.54) is 13.8 Å². The quantitative estimate of drug-likeness (QED) is 0.601. The maximum absolute atomic E-state index is 12.7. The molecule has 0 saturated carbocycles. The Hall–Kier alpha value is -2.62. The van der Waals surface area contributed by atoms with Gasteiger partial charge in [0.2, 0.25) is 0 Å². The Kier molecular flexibility index (Phi) is 4.85. The summed E-state index contributed by atoms with van der Waals surface area (Å²) >= 11 is 0. The normalized spacial score (nSPS) is 26.3. The SMILES string of the molecule is CC1=C(C)C(=O)C(c2cn([C@H]3C[C@H](O)[C@@H](CO)O3)c(=O)[nH]c2=O)=C(C)C1=O. The van der Waals surface area contributed by atoms with Crippen LogP contribution in [0.1, 0.15) is 39.0 Å². The van der Waals surface area contributed by atoms with Crippen LogP contribution in [0.4, 0.5) is 0 Å². The van der Waals surface area contributed by atoms with Gasteiger partial charge in [0.1, 0.15) is 12.3 Å². The number of hydrogen-bond donors (Lipinski definition) is 3. The third-order valence-electron chi connectivity index (χ3n) is 5.12. The van der Waals surface area contributed by atoms with Crippen LogP contribution in [0, 0.1) is 0 Å². The van der Waals surface area contributed by atoms with Gasteiger partial charge in [-0.15, -0.1) is 0 Å². The van der Waals surface area contributed by atoms with Crippen LogP contribution in [-0.4, -0.2) is 50.1 Å². The highest BCUT2D eigenvalue weighted by Crippen LogP contribution is 2.31. The van der Waals surface area contributed by atoms with Crippen molar-refractivity contribution in [2.45, 2.75) is 45.6 Å². The first-order chi connectivity index (χ1) is 12.7. The van der Waals surface area contributed by atoms with Crippen LogP contribution in [-0.2, 0) is 14.3 Å². The Labute approximate surface area is 153 Å². The Bertz CT molecular complexity index is 1010. The van der Waals surface area contributed by atoms with Gasteiger partial charge >= 0.3 is 5.69 Å². The smallest absolute Gasteiger partial charge is 0.330 e. The summed E-state index contributed by atoms with van der Waals surface area (Å²) in [6, 6.07) is 0. The van der Waals surface area contributed by atoms with Crippen molar-refractivity contribution in [2.75, 3.05) is 6.61 Å². The number of carbonyl (C=O) groups excluding carboxylic acids is 2. The fourth-order valence-electron chi connectivity index (χ4n) is 3.35. The van der Waals surface area contributed by atoms with Gasteiger partial charge in [0, 0.05) is 34.9 Å². The number of nitrogens with one attached hydrogen (secondary N) is 1. The average molecular weight is 376 g/mol. The van der Waals surface area contributed by atoms with Gasteiger partial charge in [0.25, 0.3) is 5.56 Å². The van der Waals surface area contributed by atoms with E-state index in [-0.39, 0.29) is 34.5 Å². The molecule has 0 spiro atoms. The molecule has 1 aliphatic carbocycles. The molecule has 3 N–H and O–H groups in total. The van der Waals surface area contributed by atoms with Crippen molar-refractivity contribution in [3.63, 3.8) is 0 Å². The lowest BCUT2D eigenvalue weighted by atomic mass is 9.83. The zero-order chi connectivity index (χ0) is 20.0. The van der Waals surface area contributed by atoms with Gasteiger partial charge in [-0.05, 0) is 20.8 Å². The second-order valence-electron chi connectivity index (χ2n) is 6.73. The summed E-state index contributed by atoms with van der Waals surface area (Å²) < 4.78 is 6.50. The topological polar surface area (TPSA) is 139 Å². The molecule has 3 atom stereocenters. The number of aromatic amines is 1. The lowest BCUT2D eigenvalue weighted by molar-refractivity contribution is -0.115. The number of aliphatic hydroxyl groups excluding tert-OH is 2. The van der Waals surface area contributed by atoms with Crippen molar-refractivity contribution in [3.8, 4) is 0 Å². The first kappa shape index (κ1) is 19.2. The molecule has 0 bridgehead atoms. The maximum atomic E-state index is 12.7. The van der Waals surface area contributed by atoms with Crippen molar-refractivity contribution in [1.82, 2.24) is 9.55 Å². The van der Waals surface area contributed by atoms with Crippen LogP contribution in [0.15, 0.2) is 32.5 Å². The molecule has 9 nitrogen and oxygen atoms in total. The number of aromatic nitrogens is 2. The number of nitrogens with zero attached hydrogens (tertiary/aromatic N) is 1. The summed E-state index contributed by atoms with van der Waals surface area (Å²) in [6.07, 6.45) is -1.57. The standard InChI is InChI=1S/C18H20N2O7/c1-7-8(2)16(24)14(9(3)15(7)23)10-5-20(18(26)19-17(10)25)13-4-11(22)12(6-21)27-13/h5,11-13,21-22H,4,6H2,1-3H3,(H,19,25,26)/t11-,12+,13+/m0/s1. The van der Waals surface area contributed by atoms with Crippen LogP contribution in [0.5, 0.6) is 0 Å². The number of rotatable bonds is 3. The molecule has 1 aromatic rings. The minimum atomic E-state index is -0.978. The first-order valence-corrected chi connectivity index (χ1v) is 8.45. The van der Waals surface area contributed by atoms with E-state index >= 15 is 0 Å². The second-order valence-corrected chi connectivity index (χ2v) is 6.73. The summed E-state index contributed by atoms with van der Waals surface area (Å²) in [5, 5.41) is 19.1. The molecule has 0 aromatic carbocycles. The van der Waals surface area contributed by atoms with Crippen molar-refractivity contribution in [1.29, 1.82) is 0 Å². The molecule has 1 aliphatic heterocycles. The molecule has 27 heavy (non-hydrogen) atoms. The Balaban J connectivity index is 2.14. The molecule has 9 heteroatoms. The summed E-state index contributed by atoms with van der Waals surface area (Å²) in [5.41, 5.74) is -1.07. The molecule has 144 valence electrons. The third-order valence-corrected chi connectivity index (χ3v) is 5.12. The summed E-state index contributed by atoms with van der Waals surface area (Å²) in [4.78, 5) is 51.8. The van der Waals surface area contributed by atoms with Crippen molar-refractivity contribution in [2.24, 2.45) is 0 Å². The molecule has 1 saturated heterocycles. The molecular weight excluding hydrogens is 356 g/mol. The van der Waals surface area contributed by atoms with Crippen molar-refractivity contribution in [3.05, 3.63) is 49.3 Å². The van der Waals surface area contributed by atoms with Gasteiger partial charge in [-0.25, -0.2) is 4.79 Å². The van der Waals surface area contributed by atoms with Gasteiger partial charge in [0.15, 0.2) is 11.6 Å². The Morgan fingerprint density at radius 1 is 1.11 bits per heavy atom. The van der Waals surface area contributed by atoms with E-state index in [0.717, 1.165) is 10.8 Å².